The Morgan fingerprint density at radius 2 is 1.53 bits per heavy atom. The van der Waals surface area contributed by atoms with Crippen LogP contribution in [0.15, 0.2) is 12.2 Å². The van der Waals surface area contributed by atoms with Crippen LogP contribution in [0.4, 0.5) is 0 Å². The average Bonchev–Trinajstić information content (AvgIpc) is 2.59. The van der Waals surface area contributed by atoms with Crippen LogP contribution in [0.3, 0.4) is 0 Å². The fourth-order valence-corrected chi connectivity index (χ4v) is 2.23. The molecule has 1 aliphatic rings. The van der Waals surface area contributed by atoms with Gasteiger partial charge in [0, 0.05) is 5.41 Å². The highest BCUT2D eigenvalue weighted by Crippen LogP contribution is 2.41. The molecule has 0 saturated heterocycles. The maximum absolute atomic E-state index is 6.03. The largest absolute Gasteiger partial charge is 0.375 e. The maximum atomic E-state index is 6.03. The van der Waals surface area contributed by atoms with Gasteiger partial charge in [0.2, 0.25) is 0 Å². The molecule has 1 saturated carbocycles. The fourth-order valence-electron chi connectivity index (χ4n) is 2.23. The van der Waals surface area contributed by atoms with Gasteiger partial charge in [-0.2, -0.15) is 0 Å². The van der Waals surface area contributed by atoms with E-state index in [0.29, 0.717) is 5.41 Å². The van der Waals surface area contributed by atoms with Crippen molar-refractivity contribution in [3.8, 4) is 0 Å². The monoisotopic (exact) mass is 238 g/mol. The summed E-state index contributed by atoms with van der Waals surface area (Å²) in [6.07, 6.45) is 10.1. The van der Waals surface area contributed by atoms with Crippen LogP contribution in [0.5, 0.6) is 0 Å². The smallest absolute Gasteiger partial charge is 0.0598 e. The minimum atomic E-state index is -0.0227. The molecular weight excluding hydrogens is 208 g/mol. The van der Waals surface area contributed by atoms with Gasteiger partial charge < -0.3 is 4.74 Å². The molecule has 0 aromatic rings. The summed E-state index contributed by atoms with van der Waals surface area (Å²) in [6, 6.07) is 0. The van der Waals surface area contributed by atoms with Crippen molar-refractivity contribution in [2.75, 3.05) is 6.61 Å². The Kier molecular flexibility index (Phi) is 4.46. The minimum absolute atomic E-state index is 0.0227. The Labute approximate surface area is 108 Å². The van der Waals surface area contributed by atoms with Crippen molar-refractivity contribution in [3.05, 3.63) is 12.2 Å². The molecule has 0 N–H and O–H groups in total. The molecule has 1 nitrogen and oxygen atoms in total. The van der Waals surface area contributed by atoms with E-state index >= 15 is 0 Å². The van der Waals surface area contributed by atoms with Crippen molar-refractivity contribution >= 4 is 0 Å². The summed E-state index contributed by atoms with van der Waals surface area (Å²) >= 11 is 0. The van der Waals surface area contributed by atoms with Crippen molar-refractivity contribution in [2.24, 2.45) is 10.8 Å². The Bertz CT molecular complexity index is 256. The van der Waals surface area contributed by atoms with Crippen LogP contribution in [0, 0.1) is 10.8 Å². The highest BCUT2D eigenvalue weighted by molar-refractivity contribution is 5.06. The lowest BCUT2D eigenvalue weighted by Crippen LogP contribution is -2.29. The molecule has 0 atom stereocenters. The molecule has 1 aliphatic carbocycles. The number of allylic oxidation sites excluding steroid dienone is 1. The predicted octanol–water partition coefficient (Wildman–Crippen LogP) is 4.96. The van der Waals surface area contributed by atoms with E-state index in [1.165, 1.54) is 25.7 Å². The fraction of sp³-hybridized carbons (Fsp3) is 0.875. The summed E-state index contributed by atoms with van der Waals surface area (Å²) in [5.74, 6) is 0. The zero-order valence-electron chi connectivity index (χ0n) is 12.6. The summed E-state index contributed by atoms with van der Waals surface area (Å²) in [4.78, 5) is 0. The van der Waals surface area contributed by atoms with Crippen molar-refractivity contribution in [2.45, 2.75) is 72.8 Å². The molecule has 0 amide bonds. The van der Waals surface area contributed by atoms with E-state index in [9.17, 15) is 0 Å². The molecule has 17 heavy (non-hydrogen) atoms. The summed E-state index contributed by atoms with van der Waals surface area (Å²) in [5, 5.41) is 0. The number of rotatable bonds is 3. The van der Waals surface area contributed by atoms with Gasteiger partial charge in [-0.05, 0) is 39.0 Å². The van der Waals surface area contributed by atoms with Crippen LogP contribution >= 0.6 is 0 Å². The van der Waals surface area contributed by atoms with Crippen LogP contribution in [-0.2, 0) is 4.74 Å². The molecule has 1 heteroatoms. The molecule has 1 fully saturated rings. The lowest BCUT2D eigenvalue weighted by molar-refractivity contribution is -0.0382. The van der Waals surface area contributed by atoms with E-state index < -0.39 is 0 Å². The summed E-state index contributed by atoms with van der Waals surface area (Å²) in [7, 11) is 0. The number of hydrogen-bond donors (Lipinski definition) is 0. The molecule has 0 aromatic carbocycles. The minimum Gasteiger partial charge on any atom is -0.375 e. The molecule has 0 heterocycles. The zero-order valence-corrected chi connectivity index (χ0v) is 12.6. The van der Waals surface area contributed by atoms with Crippen molar-refractivity contribution in [1.29, 1.82) is 0 Å². The molecule has 0 aromatic heterocycles. The van der Waals surface area contributed by atoms with Crippen LogP contribution in [0.2, 0.25) is 0 Å². The first-order valence-corrected chi connectivity index (χ1v) is 6.96. The average molecular weight is 238 g/mol. The third-order valence-electron chi connectivity index (χ3n) is 3.33. The second kappa shape index (κ2) is 5.14. The third-order valence-corrected chi connectivity index (χ3v) is 3.33. The second-order valence-electron chi connectivity index (χ2n) is 7.67. The first-order valence-electron chi connectivity index (χ1n) is 6.96. The Hall–Kier alpha value is -0.300. The SMILES string of the molecule is CC(C)(C)/C=C/C1(COC(C)(C)C)CCCC1. The van der Waals surface area contributed by atoms with Gasteiger partial charge >= 0.3 is 0 Å². The molecule has 1 rings (SSSR count). The van der Waals surface area contributed by atoms with Crippen LogP contribution in [0.1, 0.15) is 67.2 Å². The molecule has 0 aliphatic heterocycles. The van der Waals surface area contributed by atoms with Crippen molar-refractivity contribution in [3.63, 3.8) is 0 Å². The molecule has 0 spiro atoms. The van der Waals surface area contributed by atoms with E-state index in [2.05, 4.69) is 53.7 Å². The first-order chi connectivity index (χ1) is 7.62. The van der Waals surface area contributed by atoms with E-state index in [0.717, 1.165) is 6.61 Å². The lowest BCUT2D eigenvalue weighted by Gasteiger charge is -2.31. The quantitative estimate of drug-likeness (QED) is 0.631. The van der Waals surface area contributed by atoms with E-state index in [4.69, 9.17) is 4.74 Å². The maximum Gasteiger partial charge on any atom is 0.0598 e. The van der Waals surface area contributed by atoms with Gasteiger partial charge in [-0.15, -0.1) is 0 Å². The standard InChI is InChI=1S/C16H30O/c1-14(2,3)11-12-16(9-7-8-10-16)13-17-15(4,5)6/h11-12H,7-10,13H2,1-6H3/b12-11+. The molecular formula is C16H30O. The lowest BCUT2D eigenvalue weighted by atomic mass is 9.83. The van der Waals surface area contributed by atoms with Crippen molar-refractivity contribution in [1.82, 2.24) is 0 Å². The van der Waals surface area contributed by atoms with Crippen LogP contribution < -0.4 is 0 Å². The Morgan fingerprint density at radius 3 is 1.94 bits per heavy atom. The van der Waals surface area contributed by atoms with E-state index in [1.807, 2.05) is 0 Å². The first kappa shape index (κ1) is 14.8. The topological polar surface area (TPSA) is 9.23 Å². The van der Waals surface area contributed by atoms with Gasteiger partial charge in [0.05, 0.1) is 12.2 Å². The highest BCUT2D eigenvalue weighted by Gasteiger charge is 2.33. The van der Waals surface area contributed by atoms with E-state index in [-0.39, 0.29) is 11.0 Å². The zero-order chi connectivity index (χ0) is 13.2. The highest BCUT2D eigenvalue weighted by atomic mass is 16.5. The van der Waals surface area contributed by atoms with Gasteiger partial charge in [0.1, 0.15) is 0 Å². The third kappa shape index (κ3) is 5.72. The number of ether oxygens (including phenoxy) is 1. The normalized spacial score (nSPS) is 21.3. The Morgan fingerprint density at radius 1 is 1.00 bits per heavy atom. The number of hydrogen-bond acceptors (Lipinski definition) is 1. The summed E-state index contributed by atoms with van der Waals surface area (Å²) in [6.45, 7) is 14.1. The van der Waals surface area contributed by atoms with Crippen molar-refractivity contribution < 1.29 is 4.74 Å². The Balaban J connectivity index is 2.67. The van der Waals surface area contributed by atoms with Gasteiger partial charge in [0.15, 0.2) is 0 Å². The van der Waals surface area contributed by atoms with Crippen LogP contribution in [-0.4, -0.2) is 12.2 Å². The van der Waals surface area contributed by atoms with Gasteiger partial charge in [-0.1, -0.05) is 45.8 Å². The molecule has 0 unspecified atom stereocenters. The summed E-state index contributed by atoms with van der Waals surface area (Å²) < 4.78 is 6.03. The molecule has 0 bridgehead atoms. The van der Waals surface area contributed by atoms with E-state index in [1.54, 1.807) is 0 Å². The predicted molar refractivity (Wildman–Crippen MR) is 75.2 cm³/mol. The second-order valence-corrected chi connectivity index (χ2v) is 7.67. The van der Waals surface area contributed by atoms with Gasteiger partial charge in [-0.25, -0.2) is 0 Å². The van der Waals surface area contributed by atoms with Gasteiger partial charge in [0.25, 0.3) is 0 Å². The molecule has 0 radical (unpaired) electrons. The van der Waals surface area contributed by atoms with Gasteiger partial charge in [-0.3, -0.25) is 0 Å². The summed E-state index contributed by atoms with van der Waals surface area (Å²) in [5.41, 5.74) is 0.559. The molecule has 100 valence electrons. The van der Waals surface area contributed by atoms with Crippen LogP contribution in [0.25, 0.3) is 0 Å².